The van der Waals surface area contributed by atoms with E-state index in [-0.39, 0.29) is 24.4 Å². The van der Waals surface area contributed by atoms with E-state index in [0.29, 0.717) is 0 Å². The summed E-state index contributed by atoms with van der Waals surface area (Å²) in [5, 5.41) is 0. The second kappa shape index (κ2) is 5.38. The summed E-state index contributed by atoms with van der Waals surface area (Å²) >= 11 is 0. The van der Waals surface area contributed by atoms with Crippen molar-refractivity contribution in [1.82, 2.24) is 4.90 Å². The Bertz CT molecular complexity index is 144. The van der Waals surface area contributed by atoms with Crippen LogP contribution in [0.4, 0.5) is 0 Å². The van der Waals surface area contributed by atoms with Crippen molar-refractivity contribution in [3.05, 3.63) is 0 Å². The van der Waals surface area contributed by atoms with Crippen LogP contribution in [-0.4, -0.2) is 37.6 Å². The minimum absolute atomic E-state index is 0. The average Bonchev–Trinajstić information content (AvgIpc) is 2.05. The zero-order valence-electron chi connectivity index (χ0n) is 7.58. The number of carbonyl (C=O) groups excluding carboxylic acids is 1. The molecule has 0 bridgehead atoms. The Kier molecular flexibility index (Phi) is 5.25. The second-order valence-corrected chi connectivity index (χ2v) is 3.09. The quantitative estimate of drug-likeness (QED) is 0.624. The van der Waals surface area contributed by atoms with E-state index < -0.39 is 0 Å². The van der Waals surface area contributed by atoms with Gasteiger partial charge in [0.15, 0.2) is 0 Å². The van der Waals surface area contributed by atoms with Gasteiger partial charge in [-0.3, -0.25) is 4.79 Å². The van der Waals surface area contributed by atoms with Gasteiger partial charge in [-0.15, -0.1) is 12.4 Å². The van der Waals surface area contributed by atoms with Crippen molar-refractivity contribution in [2.75, 3.05) is 20.7 Å². The Balaban J connectivity index is 0.00000121. The third kappa shape index (κ3) is 2.99. The molecule has 1 aliphatic rings. The van der Waals surface area contributed by atoms with Crippen molar-refractivity contribution < 1.29 is 9.53 Å². The summed E-state index contributed by atoms with van der Waals surface area (Å²) in [7, 11) is 3.53. The van der Waals surface area contributed by atoms with Gasteiger partial charge in [-0.05, 0) is 19.3 Å². The Labute approximate surface area is 79.5 Å². The molecule has 1 rings (SSSR count). The maximum absolute atomic E-state index is 11.3. The third-order valence-corrected chi connectivity index (χ3v) is 1.90. The molecular formula is C8H16ClNO2. The minimum atomic E-state index is -0.168. The first kappa shape index (κ1) is 11.7. The van der Waals surface area contributed by atoms with Gasteiger partial charge in [0, 0.05) is 20.7 Å². The molecule has 4 heteroatoms. The molecule has 1 unspecified atom stereocenters. The molecule has 12 heavy (non-hydrogen) atoms. The van der Waals surface area contributed by atoms with Gasteiger partial charge in [0.25, 0.3) is 5.91 Å². The number of hydrogen-bond acceptors (Lipinski definition) is 2. The first-order chi connectivity index (χ1) is 5.22. The van der Waals surface area contributed by atoms with Gasteiger partial charge >= 0.3 is 0 Å². The van der Waals surface area contributed by atoms with Gasteiger partial charge in [0.05, 0.1) is 0 Å². The average molecular weight is 194 g/mol. The van der Waals surface area contributed by atoms with Crippen LogP contribution < -0.4 is 0 Å². The molecule has 0 N–H and O–H groups in total. The molecule has 0 saturated carbocycles. The molecule has 1 heterocycles. The molecule has 0 spiro atoms. The number of halogens is 1. The zero-order valence-corrected chi connectivity index (χ0v) is 8.39. The lowest BCUT2D eigenvalue weighted by molar-refractivity contribution is -0.143. The van der Waals surface area contributed by atoms with Crippen LogP contribution in [0.15, 0.2) is 0 Å². The SMILES string of the molecule is CN(C)C(=O)C1CCCCO1.Cl. The maximum Gasteiger partial charge on any atom is 0.251 e. The van der Waals surface area contributed by atoms with Crippen LogP contribution >= 0.6 is 12.4 Å². The number of nitrogens with zero attached hydrogens (tertiary/aromatic N) is 1. The van der Waals surface area contributed by atoms with Crippen LogP contribution in [0.25, 0.3) is 0 Å². The molecule has 0 aliphatic carbocycles. The molecular weight excluding hydrogens is 178 g/mol. The normalized spacial score (nSPS) is 22.7. The van der Waals surface area contributed by atoms with Gasteiger partial charge in [-0.25, -0.2) is 0 Å². The van der Waals surface area contributed by atoms with Crippen molar-refractivity contribution in [2.45, 2.75) is 25.4 Å². The highest BCUT2D eigenvalue weighted by Gasteiger charge is 2.22. The standard InChI is InChI=1S/C8H15NO2.ClH/c1-9(2)8(10)7-5-3-4-6-11-7;/h7H,3-6H2,1-2H3;1H. The first-order valence-electron chi connectivity index (χ1n) is 4.04. The molecule has 1 amide bonds. The summed E-state index contributed by atoms with van der Waals surface area (Å²) in [5.74, 6) is 0.102. The Morgan fingerprint density at radius 1 is 1.42 bits per heavy atom. The molecule has 1 saturated heterocycles. The van der Waals surface area contributed by atoms with Crippen molar-refractivity contribution >= 4 is 18.3 Å². The fourth-order valence-corrected chi connectivity index (χ4v) is 1.22. The van der Waals surface area contributed by atoms with Crippen molar-refractivity contribution in [3.63, 3.8) is 0 Å². The van der Waals surface area contributed by atoms with E-state index in [1.54, 1.807) is 19.0 Å². The smallest absolute Gasteiger partial charge is 0.251 e. The fourth-order valence-electron chi connectivity index (χ4n) is 1.22. The molecule has 1 atom stereocenters. The number of rotatable bonds is 1. The van der Waals surface area contributed by atoms with Crippen molar-refractivity contribution in [3.8, 4) is 0 Å². The van der Waals surface area contributed by atoms with E-state index in [2.05, 4.69) is 0 Å². The maximum atomic E-state index is 11.3. The summed E-state index contributed by atoms with van der Waals surface area (Å²) < 4.78 is 5.31. The molecule has 1 aliphatic heterocycles. The highest BCUT2D eigenvalue weighted by Crippen LogP contribution is 2.13. The summed E-state index contributed by atoms with van der Waals surface area (Å²) in [6, 6.07) is 0. The molecule has 72 valence electrons. The molecule has 0 aromatic rings. The number of ether oxygens (including phenoxy) is 1. The molecule has 0 aromatic heterocycles. The number of amides is 1. The largest absolute Gasteiger partial charge is 0.368 e. The van der Waals surface area contributed by atoms with Crippen LogP contribution in [0, 0.1) is 0 Å². The highest BCUT2D eigenvalue weighted by atomic mass is 35.5. The monoisotopic (exact) mass is 193 g/mol. The zero-order chi connectivity index (χ0) is 8.27. The van der Waals surface area contributed by atoms with Crippen LogP contribution in [0.3, 0.4) is 0 Å². The number of hydrogen-bond donors (Lipinski definition) is 0. The summed E-state index contributed by atoms with van der Waals surface area (Å²) in [4.78, 5) is 12.9. The molecule has 3 nitrogen and oxygen atoms in total. The van der Waals surface area contributed by atoms with Crippen LogP contribution in [0.2, 0.25) is 0 Å². The fraction of sp³-hybridized carbons (Fsp3) is 0.875. The molecule has 0 aromatic carbocycles. The Hall–Kier alpha value is -0.280. The van der Waals surface area contributed by atoms with Gasteiger partial charge in [-0.1, -0.05) is 0 Å². The van der Waals surface area contributed by atoms with Crippen LogP contribution in [0.1, 0.15) is 19.3 Å². The predicted molar refractivity (Wildman–Crippen MR) is 49.5 cm³/mol. The second-order valence-electron chi connectivity index (χ2n) is 3.09. The summed E-state index contributed by atoms with van der Waals surface area (Å²) in [6.07, 6.45) is 2.93. The van der Waals surface area contributed by atoms with E-state index >= 15 is 0 Å². The molecule has 1 fully saturated rings. The van der Waals surface area contributed by atoms with Crippen LogP contribution in [-0.2, 0) is 9.53 Å². The Morgan fingerprint density at radius 3 is 2.50 bits per heavy atom. The van der Waals surface area contributed by atoms with Gasteiger partial charge in [-0.2, -0.15) is 0 Å². The van der Waals surface area contributed by atoms with E-state index in [0.717, 1.165) is 25.9 Å². The first-order valence-corrected chi connectivity index (χ1v) is 4.04. The van der Waals surface area contributed by atoms with Gasteiger partial charge < -0.3 is 9.64 Å². The minimum Gasteiger partial charge on any atom is -0.368 e. The Morgan fingerprint density at radius 2 is 2.08 bits per heavy atom. The topological polar surface area (TPSA) is 29.5 Å². The highest BCUT2D eigenvalue weighted by molar-refractivity contribution is 5.85. The van der Waals surface area contributed by atoms with E-state index in [4.69, 9.17) is 4.74 Å². The summed E-state index contributed by atoms with van der Waals surface area (Å²) in [6.45, 7) is 0.740. The lowest BCUT2D eigenvalue weighted by atomic mass is 10.1. The summed E-state index contributed by atoms with van der Waals surface area (Å²) in [5.41, 5.74) is 0. The third-order valence-electron chi connectivity index (χ3n) is 1.90. The number of carbonyl (C=O) groups is 1. The van der Waals surface area contributed by atoms with Gasteiger partial charge in [0.2, 0.25) is 0 Å². The predicted octanol–water partition coefficient (Wildman–Crippen LogP) is 1.07. The van der Waals surface area contributed by atoms with E-state index in [9.17, 15) is 4.79 Å². The van der Waals surface area contributed by atoms with Crippen LogP contribution in [0.5, 0.6) is 0 Å². The van der Waals surface area contributed by atoms with E-state index in [1.165, 1.54) is 0 Å². The lowest BCUT2D eigenvalue weighted by Crippen LogP contribution is -2.37. The van der Waals surface area contributed by atoms with Crippen molar-refractivity contribution in [1.29, 1.82) is 0 Å². The van der Waals surface area contributed by atoms with E-state index in [1.807, 2.05) is 0 Å². The van der Waals surface area contributed by atoms with Gasteiger partial charge in [0.1, 0.15) is 6.10 Å². The molecule has 0 radical (unpaired) electrons. The lowest BCUT2D eigenvalue weighted by Gasteiger charge is -2.24. The number of likely N-dealkylation sites (N-methyl/N-ethyl adjacent to an activating group) is 1. The van der Waals surface area contributed by atoms with Crippen molar-refractivity contribution in [2.24, 2.45) is 0 Å².